The number of piperidine rings is 1. The van der Waals surface area contributed by atoms with E-state index in [1.807, 2.05) is 0 Å². The van der Waals surface area contributed by atoms with Gasteiger partial charge in [-0.15, -0.1) is 0 Å². The van der Waals surface area contributed by atoms with Crippen LogP contribution in [0.1, 0.15) is 33.1 Å². The minimum atomic E-state index is 0.255. The van der Waals surface area contributed by atoms with Crippen molar-refractivity contribution in [3.8, 4) is 6.07 Å². The maximum absolute atomic E-state index is 8.96. The topological polar surface area (TPSA) is 35.8 Å². The van der Waals surface area contributed by atoms with Gasteiger partial charge in [0.05, 0.1) is 6.07 Å². The second-order valence-corrected chi connectivity index (χ2v) is 4.43. The van der Waals surface area contributed by atoms with Crippen molar-refractivity contribution in [3.63, 3.8) is 0 Å². The minimum Gasteiger partial charge on any atom is -0.316 e. The Hall–Kier alpha value is -0.550. The van der Waals surface area contributed by atoms with E-state index >= 15 is 0 Å². The van der Waals surface area contributed by atoms with Gasteiger partial charge in [0, 0.05) is 5.92 Å². The summed E-state index contributed by atoms with van der Waals surface area (Å²) in [4.78, 5) is 0. The Morgan fingerprint density at radius 3 is 2.77 bits per heavy atom. The predicted octanol–water partition coefficient (Wildman–Crippen LogP) is 2.17. The quantitative estimate of drug-likeness (QED) is 0.722. The third kappa shape index (κ3) is 3.36. The molecule has 1 aliphatic rings. The van der Waals surface area contributed by atoms with Crippen LogP contribution < -0.4 is 5.32 Å². The molecule has 0 aromatic carbocycles. The third-order valence-electron chi connectivity index (χ3n) is 2.96. The number of nitrogens with zero attached hydrogens (tertiary/aromatic N) is 1. The maximum Gasteiger partial charge on any atom is 0.0658 e. The molecular weight excluding hydrogens is 160 g/mol. The molecule has 2 heteroatoms. The van der Waals surface area contributed by atoms with E-state index in [9.17, 15) is 0 Å². The summed E-state index contributed by atoms with van der Waals surface area (Å²) in [5.41, 5.74) is 0. The fraction of sp³-hybridized carbons (Fsp3) is 0.909. The van der Waals surface area contributed by atoms with E-state index in [1.165, 1.54) is 12.8 Å². The first-order valence-electron chi connectivity index (χ1n) is 5.34. The van der Waals surface area contributed by atoms with Gasteiger partial charge in [-0.2, -0.15) is 5.26 Å². The van der Waals surface area contributed by atoms with E-state index in [0.29, 0.717) is 5.92 Å². The van der Waals surface area contributed by atoms with E-state index < -0.39 is 0 Å². The van der Waals surface area contributed by atoms with Gasteiger partial charge in [-0.05, 0) is 44.2 Å². The summed E-state index contributed by atoms with van der Waals surface area (Å²) in [5, 5.41) is 12.4. The molecule has 2 nitrogen and oxygen atoms in total. The highest BCUT2D eigenvalue weighted by Gasteiger charge is 2.20. The molecule has 1 aliphatic heterocycles. The zero-order chi connectivity index (χ0) is 9.68. The number of rotatable bonds is 3. The highest BCUT2D eigenvalue weighted by atomic mass is 14.9. The average Bonchev–Trinajstić information content (AvgIpc) is 2.15. The lowest BCUT2D eigenvalue weighted by molar-refractivity contribution is 0.297. The van der Waals surface area contributed by atoms with Crippen molar-refractivity contribution in [3.05, 3.63) is 0 Å². The first-order valence-corrected chi connectivity index (χ1v) is 5.34. The van der Waals surface area contributed by atoms with Crippen LogP contribution in [0.2, 0.25) is 0 Å². The second-order valence-electron chi connectivity index (χ2n) is 4.43. The summed E-state index contributed by atoms with van der Waals surface area (Å²) in [7, 11) is 0. The van der Waals surface area contributed by atoms with Crippen LogP contribution in [0.15, 0.2) is 0 Å². The normalized spacial score (nSPS) is 25.5. The number of hydrogen-bond acceptors (Lipinski definition) is 2. The SMILES string of the molecule is CC(C)C(C#N)CC1CCCNC1. The van der Waals surface area contributed by atoms with Crippen molar-refractivity contribution in [2.24, 2.45) is 17.8 Å². The Kier molecular flexibility index (Phi) is 4.24. The van der Waals surface area contributed by atoms with Crippen molar-refractivity contribution in [1.29, 1.82) is 5.26 Å². The number of nitrogens with one attached hydrogen (secondary N) is 1. The van der Waals surface area contributed by atoms with Gasteiger partial charge in [0.1, 0.15) is 0 Å². The number of nitriles is 1. The lowest BCUT2D eigenvalue weighted by Gasteiger charge is -2.25. The molecule has 1 fully saturated rings. The van der Waals surface area contributed by atoms with Crippen molar-refractivity contribution >= 4 is 0 Å². The van der Waals surface area contributed by atoms with E-state index in [-0.39, 0.29) is 5.92 Å². The van der Waals surface area contributed by atoms with Crippen LogP contribution in [-0.4, -0.2) is 13.1 Å². The van der Waals surface area contributed by atoms with Crippen LogP contribution in [0.3, 0.4) is 0 Å². The fourth-order valence-electron chi connectivity index (χ4n) is 1.96. The monoisotopic (exact) mass is 180 g/mol. The zero-order valence-corrected chi connectivity index (χ0v) is 8.71. The summed E-state index contributed by atoms with van der Waals surface area (Å²) >= 11 is 0. The van der Waals surface area contributed by atoms with E-state index in [1.54, 1.807) is 0 Å². The Balaban J connectivity index is 2.32. The smallest absolute Gasteiger partial charge is 0.0658 e. The van der Waals surface area contributed by atoms with Crippen LogP contribution >= 0.6 is 0 Å². The van der Waals surface area contributed by atoms with Crippen LogP contribution in [0, 0.1) is 29.1 Å². The Bertz CT molecular complexity index is 175. The van der Waals surface area contributed by atoms with Crippen molar-refractivity contribution in [2.75, 3.05) is 13.1 Å². The van der Waals surface area contributed by atoms with E-state index in [0.717, 1.165) is 25.4 Å². The Morgan fingerprint density at radius 1 is 1.54 bits per heavy atom. The van der Waals surface area contributed by atoms with Gasteiger partial charge in [-0.3, -0.25) is 0 Å². The molecule has 0 aromatic heterocycles. The van der Waals surface area contributed by atoms with Gasteiger partial charge < -0.3 is 5.32 Å². The van der Waals surface area contributed by atoms with Gasteiger partial charge >= 0.3 is 0 Å². The molecule has 0 saturated carbocycles. The highest BCUT2D eigenvalue weighted by Crippen LogP contribution is 2.23. The van der Waals surface area contributed by atoms with Crippen LogP contribution in [0.25, 0.3) is 0 Å². The third-order valence-corrected chi connectivity index (χ3v) is 2.96. The lowest BCUT2D eigenvalue weighted by atomic mass is 9.84. The molecule has 0 spiro atoms. The lowest BCUT2D eigenvalue weighted by Crippen LogP contribution is -2.31. The molecule has 2 atom stereocenters. The molecule has 1 N–H and O–H groups in total. The van der Waals surface area contributed by atoms with Gasteiger partial charge in [-0.25, -0.2) is 0 Å². The highest BCUT2D eigenvalue weighted by molar-refractivity contribution is 4.87. The van der Waals surface area contributed by atoms with Gasteiger partial charge in [0.25, 0.3) is 0 Å². The molecule has 0 aliphatic carbocycles. The summed E-state index contributed by atoms with van der Waals surface area (Å²) < 4.78 is 0. The summed E-state index contributed by atoms with van der Waals surface area (Å²) in [6, 6.07) is 2.42. The standard InChI is InChI=1S/C11H20N2/c1-9(2)11(7-12)6-10-4-3-5-13-8-10/h9-11,13H,3-6,8H2,1-2H3. The average molecular weight is 180 g/mol. The molecule has 1 saturated heterocycles. The van der Waals surface area contributed by atoms with Crippen molar-refractivity contribution in [2.45, 2.75) is 33.1 Å². The van der Waals surface area contributed by atoms with Crippen LogP contribution in [0.5, 0.6) is 0 Å². The zero-order valence-electron chi connectivity index (χ0n) is 8.71. The molecule has 1 rings (SSSR count). The van der Waals surface area contributed by atoms with Gasteiger partial charge in [-0.1, -0.05) is 13.8 Å². The van der Waals surface area contributed by atoms with Crippen LogP contribution in [0.4, 0.5) is 0 Å². The summed E-state index contributed by atoms with van der Waals surface area (Å²) in [5.74, 6) is 1.50. The molecule has 0 aromatic rings. The molecule has 1 heterocycles. The first-order chi connectivity index (χ1) is 6.24. The molecule has 0 radical (unpaired) electrons. The van der Waals surface area contributed by atoms with Gasteiger partial charge in [0.2, 0.25) is 0 Å². The predicted molar refractivity (Wildman–Crippen MR) is 54.2 cm³/mol. The van der Waals surface area contributed by atoms with Gasteiger partial charge in [0.15, 0.2) is 0 Å². The Morgan fingerprint density at radius 2 is 2.31 bits per heavy atom. The molecule has 2 unspecified atom stereocenters. The van der Waals surface area contributed by atoms with Crippen molar-refractivity contribution in [1.82, 2.24) is 5.32 Å². The summed E-state index contributed by atoms with van der Waals surface area (Å²) in [6.45, 7) is 6.56. The molecule has 13 heavy (non-hydrogen) atoms. The Labute approximate surface area is 81.3 Å². The fourth-order valence-corrected chi connectivity index (χ4v) is 1.96. The van der Waals surface area contributed by atoms with Crippen molar-refractivity contribution < 1.29 is 0 Å². The molecule has 74 valence electrons. The first kappa shape index (κ1) is 10.5. The minimum absolute atomic E-state index is 0.255. The second kappa shape index (κ2) is 5.24. The molecule has 0 bridgehead atoms. The van der Waals surface area contributed by atoms with E-state index in [2.05, 4.69) is 25.2 Å². The molecular formula is C11H20N2. The summed E-state index contributed by atoms with van der Waals surface area (Å²) in [6.07, 6.45) is 3.67. The largest absolute Gasteiger partial charge is 0.316 e. The van der Waals surface area contributed by atoms with Crippen LogP contribution in [-0.2, 0) is 0 Å². The van der Waals surface area contributed by atoms with E-state index in [4.69, 9.17) is 5.26 Å². The number of hydrogen-bond donors (Lipinski definition) is 1. The maximum atomic E-state index is 8.96. The molecule has 0 amide bonds.